The molecule has 0 aromatic heterocycles. The average Bonchev–Trinajstić information content (AvgIpc) is 2.38. The molecule has 1 unspecified atom stereocenters. The van der Waals surface area contributed by atoms with E-state index in [1.807, 2.05) is 0 Å². The van der Waals surface area contributed by atoms with Crippen LogP contribution in [0.2, 0.25) is 0 Å². The summed E-state index contributed by atoms with van der Waals surface area (Å²) in [5, 5.41) is 9.23. The van der Waals surface area contributed by atoms with Crippen molar-refractivity contribution < 1.29 is 5.11 Å². The number of hydrogen-bond donors (Lipinski definition) is 1. The summed E-state index contributed by atoms with van der Waals surface area (Å²) < 4.78 is 0. The van der Waals surface area contributed by atoms with Crippen LogP contribution in [-0.2, 0) is 0 Å². The molecule has 0 spiro atoms. The Labute approximate surface area is 75.6 Å². The van der Waals surface area contributed by atoms with E-state index >= 15 is 0 Å². The van der Waals surface area contributed by atoms with Gasteiger partial charge in [0.1, 0.15) is 0 Å². The summed E-state index contributed by atoms with van der Waals surface area (Å²) in [6, 6.07) is 1.05. The van der Waals surface area contributed by atoms with E-state index < -0.39 is 0 Å². The Morgan fingerprint density at radius 2 is 2.17 bits per heavy atom. The van der Waals surface area contributed by atoms with E-state index in [1.165, 1.54) is 19.4 Å². The highest BCUT2D eigenvalue weighted by atomic mass is 16.3. The molecule has 1 aliphatic heterocycles. The van der Waals surface area contributed by atoms with Crippen molar-refractivity contribution in [2.45, 2.75) is 45.7 Å². The molecule has 0 saturated carbocycles. The van der Waals surface area contributed by atoms with Crippen molar-refractivity contribution in [2.75, 3.05) is 13.2 Å². The van der Waals surface area contributed by atoms with Gasteiger partial charge in [0.05, 0.1) is 6.61 Å². The molecule has 12 heavy (non-hydrogen) atoms. The van der Waals surface area contributed by atoms with E-state index in [9.17, 15) is 5.11 Å². The van der Waals surface area contributed by atoms with Crippen molar-refractivity contribution in [1.82, 2.24) is 4.90 Å². The summed E-state index contributed by atoms with van der Waals surface area (Å²) in [7, 11) is 0. The molecular weight excluding hydrogens is 150 g/mol. The summed E-state index contributed by atoms with van der Waals surface area (Å²) in [5.74, 6) is 0.565. The lowest BCUT2D eigenvalue weighted by atomic mass is 10.0. The van der Waals surface area contributed by atoms with Gasteiger partial charge in [-0.15, -0.1) is 0 Å². The Kier molecular flexibility index (Phi) is 3.53. The molecule has 72 valence electrons. The van der Waals surface area contributed by atoms with Crippen LogP contribution in [0, 0.1) is 5.92 Å². The fourth-order valence-electron chi connectivity index (χ4n) is 2.15. The van der Waals surface area contributed by atoms with Crippen molar-refractivity contribution in [3.63, 3.8) is 0 Å². The number of rotatable bonds is 3. The lowest BCUT2D eigenvalue weighted by molar-refractivity contribution is 0.0862. The number of aliphatic hydroxyl groups excluding tert-OH is 1. The second kappa shape index (κ2) is 4.24. The van der Waals surface area contributed by atoms with Crippen LogP contribution in [0.1, 0.15) is 33.6 Å². The topological polar surface area (TPSA) is 23.5 Å². The first-order chi connectivity index (χ1) is 5.66. The van der Waals surface area contributed by atoms with Gasteiger partial charge in [-0.3, -0.25) is 4.90 Å². The van der Waals surface area contributed by atoms with Crippen LogP contribution in [0.15, 0.2) is 0 Å². The van der Waals surface area contributed by atoms with Crippen molar-refractivity contribution in [3.8, 4) is 0 Å². The number of nitrogens with zero attached hydrogens (tertiary/aromatic N) is 1. The first kappa shape index (κ1) is 10.0. The summed E-state index contributed by atoms with van der Waals surface area (Å²) in [6.07, 6.45) is 2.59. The molecule has 2 atom stereocenters. The second-order valence-electron chi connectivity index (χ2n) is 4.22. The van der Waals surface area contributed by atoms with Crippen LogP contribution < -0.4 is 0 Å². The first-order valence-electron chi connectivity index (χ1n) is 5.03. The zero-order chi connectivity index (χ0) is 9.14. The highest BCUT2D eigenvalue weighted by Gasteiger charge is 2.28. The minimum absolute atomic E-state index is 0.308. The normalized spacial score (nSPS) is 28.2. The molecule has 1 heterocycles. The summed E-state index contributed by atoms with van der Waals surface area (Å²) in [6.45, 7) is 8.11. The minimum atomic E-state index is 0.308. The van der Waals surface area contributed by atoms with Gasteiger partial charge in [0.25, 0.3) is 0 Å². The average molecular weight is 171 g/mol. The highest BCUT2D eigenvalue weighted by Crippen LogP contribution is 2.22. The molecule has 0 aromatic rings. The predicted molar refractivity (Wildman–Crippen MR) is 51.1 cm³/mol. The lowest BCUT2D eigenvalue weighted by Crippen LogP contribution is -2.43. The first-order valence-corrected chi connectivity index (χ1v) is 5.03. The maximum atomic E-state index is 9.23. The number of likely N-dealkylation sites (tertiary alicyclic amines) is 1. The molecule has 1 N–H and O–H groups in total. The summed E-state index contributed by atoms with van der Waals surface area (Å²) >= 11 is 0. The Bertz CT molecular complexity index is 136. The third-order valence-electron chi connectivity index (χ3n) is 2.99. The van der Waals surface area contributed by atoms with E-state index in [1.54, 1.807) is 0 Å². The number of hydrogen-bond acceptors (Lipinski definition) is 2. The molecule has 2 nitrogen and oxygen atoms in total. The van der Waals surface area contributed by atoms with E-state index in [4.69, 9.17) is 0 Å². The maximum absolute atomic E-state index is 9.23. The van der Waals surface area contributed by atoms with Crippen LogP contribution in [0.5, 0.6) is 0 Å². The van der Waals surface area contributed by atoms with E-state index in [0.717, 1.165) is 0 Å². The van der Waals surface area contributed by atoms with Crippen LogP contribution in [0.25, 0.3) is 0 Å². The van der Waals surface area contributed by atoms with Gasteiger partial charge in [0.2, 0.25) is 0 Å². The molecule has 0 bridgehead atoms. The number of aliphatic hydroxyl groups is 1. The van der Waals surface area contributed by atoms with Gasteiger partial charge in [-0.1, -0.05) is 13.8 Å². The molecule has 1 rings (SSSR count). The Morgan fingerprint density at radius 3 is 2.50 bits per heavy atom. The van der Waals surface area contributed by atoms with Crippen LogP contribution in [0.4, 0.5) is 0 Å². The van der Waals surface area contributed by atoms with E-state index in [-0.39, 0.29) is 0 Å². The minimum Gasteiger partial charge on any atom is -0.395 e. The molecule has 1 fully saturated rings. The monoisotopic (exact) mass is 171 g/mol. The van der Waals surface area contributed by atoms with Gasteiger partial charge in [0, 0.05) is 12.1 Å². The van der Waals surface area contributed by atoms with Gasteiger partial charge in [-0.25, -0.2) is 0 Å². The van der Waals surface area contributed by atoms with Gasteiger partial charge in [-0.2, -0.15) is 0 Å². The zero-order valence-corrected chi connectivity index (χ0v) is 8.45. The van der Waals surface area contributed by atoms with Gasteiger partial charge < -0.3 is 5.11 Å². The van der Waals surface area contributed by atoms with Crippen molar-refractivity contribution >= 4 is 0 Å². The Hall–Kier alpha value is -0.0800. The highest BCUT2D eigenvalue weighted by molar-refractivity contribution is 4.83. The van der Waals surface area contributed by atoms with Gasteiger partial charge in [0.15, 0.2) is 0 Å². The Morgan fingerprint density at radius 1 is 1.50 bits per heavy atom. The predicted octanol–water partition coefficient (Wildman–Crippen LogP) is 1.49. The molecule has 0 amide bonds. The van der Waals surface area contributed by atoms with Crippen molar-refractivity contribution in [2.24, 2.45) is 5.92 Å². The SMILES string of the molecule is CC(C)[C@H](CO)N1CCCC1C. The molecular formula is C10H21NO. The second-order valence-corrected chi connectivity index (χ2v) is 4.22. The molecule has 2 heteroatoms. The molecule has 1 aliphatic rings. The third kappa shape index (κ3) is 1.99. The van der Waals surface area contributed by atoms with E-state index in [2.05, 4.69) is 25.7 Å². The molecule has 0 aromatic carbocycles. The molecule has 0 radical (unpaired) electrons. The smallest absolute Gasteiger partial charge is 0.0589 e. The van der Waals surface area contributed by atoms with Crippen LogP contribution >= 0.6 is 0 Å². The Balaban J connectivity index is 2.52. The van der Waals surface area contributed by atoms with Crippen molar-refractivity contribution in [1.29, 1.82) is 0 Å². The lowest BCUT2D eigenvalue weighted by Gasteiger charge is -2.32. The standard InChI is InChI=1S/C10H21NO/c1-8(2)10(7-12)11-6-4-5-9(11)3/h8-10,12H,4-7H2,1-3H3/t9?,10-/m0/s1. The fourth-order valence-corrected chi connectivity index (χ4v) is 2.15. The summed E-state index contributed by atoms with van der Waals surface area (Å²) in [4.78, 5) is 2.45. The molecule has 0 aliphatic carbocycles. The van der Waals surface area contributed by atoms with Crippen molar-refractivity contribution in [3.05, 3.63) is 0 Å². The largest absolute Gasteiger partial charge is 0.395 e. The van der Waals surface area contributed by atoms with Crippen LogP contribution in [0.3, 0.4) is 0 Å². The zero-order valence-electron chi connectivity index (χ0n) is 8.45. The summed E-state index contributed by atoms with van der Waals surface area (Å²) in [5.41, 5.74) is 0. The third-order valence-corrected chi connectivity index (χ3v) is 2.99. The van der Waals surface area contributed by atoms with E-state index in [0.29, 0.717) is 24.6 Å². The van der Waals surface area contributed by atoms with Gasteiger partial charge >= 0.3 is 0 Å². The molecule has 1 saturated heterocycles. The maximum Gasteiger partial charge on any atom is 0.0589 e. The van der Waals surface area contributed by atoms with Gasteiger partial charge in [-0.05, 0) is 32.2 Å². The fraction of sp³-hybridized carbons (Fsp3) is 1.00. The van der Waals surface area contributed by atoms with Crippen LogP contribution in [-0.4, -0.2) is 35.2 Å². The quantitative estimate of drug-likeness (QED) is 0.695.